The lowest BCUT2D eigenvalue weighted by Crippen LogP contribution is -2.54. The summed E-state index contributed by atoms with van der Waals surface area (Å²) in [6.45, 7) is 0.820. The van der Waals surface area contributed by atoms with Crippen LogP contribution in [0.2, 0.25) is 0 Å². The molecule has 10 nitrogen and oxygen atoms in total. The van der Waals surface area contributed by atoms with Gasteiger partial charge >= 0.3 is 0 Å². The van der Waals surface area contributed by atoms with Gasteiger partial charge in [-0.05, 0) is 36.1 Å². The van der Waals surface area contributed by atoms with Gasteiger partial charge in [-0.2, -0.15) is 0 Å². The number of aryl methyl sites for hydroxylation is 1. The molecule has 39 heavy (non-hydrogen) atoms. The topological polar surface area (TPSA) is 183 Å². The van der Waals surface area contributed by atoms with Crippen molar-refractivity contribution >= 4 is 28.5 Å². The molecule has 0 aliphatic rings. The van der Waals surface area contributed by atoms with E-state index in [1.807, 2.05) is 60.7 Å². The lowest BCUT2D eigenvalue weighted by atomic mass is 9.97. The number of rotatable bonds is 15. The van der Waals surface area contributed by atoms with Crippen LogP contribution < -0.4 is 28.3 Å². The van der Waals surface area contributed by atoms with E-state index in [0.717, 1.165) is 22.0 Å². The minimum Gasteiger partial charge on any atom is -0.345 e. The molecule has 3 rings (SSSR count). The molecule has 2 atom stereocenters. The number of amides is 2. The van der Waals surface area contributed by atoms with Crippen LogP contribution in [0.3, 0.4) is 0 Å². The quantitative estimate of drug-likeness (QED) is 0.184. The first-order valence-corrected chi connectivity index (χ1v) is 13.2. The summed E-state index contributed by atoms with van der Waals surface area (Å²) in [7, 11) is 0. The van der Waals surface area contributed by atoms with E-state index in [-0.39, 0.29) is 50.7 Å². The number of pyridine rings is 1. The summed E-state index contributed by atoms with van der Waals surface area (Å²) in [4.78, 5) is 45.3. The van der Waals surface area contributed by atoms with Crippen molar-refractivity contribution in [3.05, 3.63) is 78.0 Å². The van der Waals surface area contributed by atoms with E-state index in [1.165, 1.54) is 4.90 Å². The fourth-order valence-corrected chi connectivity index (χ4v) is 4.48. The van der Waals surface area contributed by atoms with E-state index in [2.05, 4.69) is 10.3 Å². The number of benzene rings is 2. The van der Waals surface area contributed by atoms with Gasteiger partial charge in [0.2, 0.25) is 11.8 Å². The molecule has 1 aromatic heterocycles. The molecule has 0 aliphatic heterocycles. The monoisotopic (exact) mass is 533 g/mol. The number of nitrogens with zero attached hydrogens (tertiary/aromatic N) is 2. The summed E-state index contributed by atoms with van der Waals surface area (Å²) in [6, 6.07) is 17.0. The number of hydrogen-bond donors (Lipinski definition) is 5. The molecule has 0 spiro atoms. The summed E-state index contributed by atoms with van der Waals surface area (Å²) in [5.41, 5.74) is 25.9. The van der Waals surface area contributed by atoms with Crippen molar-refractivity contribution in [2.75, 3.05) is 26.2 Å². The lowest BCUT2D eigenvalue weighted by Gasteiger charge is -2.30. The molecule has 0 radical (unpaired) electrons. The van der Waals surface area contributed by atoms with Gasteiger partial charge in [0.15, 0.2) is 5.78 Å². The van der Waals surface area contributed by atoms with Gasteiger partial charge in [0, 0.05) is 44.2 Å². The second-order valence-electron chi connectivity index (χ2n) is 9.58. The number of fused-ring (bicyclic) bond motifs is 1. The summed E-state index contributed by atoms with van der Waals surface area (Å²) in [6.07, 6.45) is 2.50. The van der Waals surface area contributed by atoms with Gasteiger partial charge in [-0.15, -0.1) is 0 Å². The first kappa shape index (κ1) is 29.9. The standard InChI is InChI=1S/C29H39N7O3/c30-12-13-36(23(17-31)18-32)28(38)16-24(33)29(39)35-26(11-10-20-6-2-1-3-7-20)27(37)15-21-14-22-8-4-5-9-25(22)34-19-21/h1-9,14,19,23-24,26H,10-13,15-18,30-33H2,(H,35,39)/t24-,26-/m0/s1. The third-order valence-electron chi connectivity index (χ3n) is 6.70. The normalized spacial score (nSPS) is 12.7. The number of Topliss-reactive ketones (excluding diaryl/α,β-unsaturated/α-hetero) is 1. The Balaban J connectivity index is 1.71. The zero-order chi connectivity index (χ0) is 28.2. The Morgan fingerprint density at radius 1 is 0.923 bits per heavy atom. The molecule has 0 saturated carbocycles. The SMILES string of the molecule is NCCN(C(=O)C[C@H](N)C(=O)N[C@@H](CCc1ccccc1)C(=O)Cc1cnc2ccccc2c1)C(CN)CN. The van der Waals surface area contributed by atoms with E-state index in [1.54, 1.807) is 6.20 Å². The number of ketones is 1. The Labute approximate surface area is 229 Å². The van der Waals surface area contributed by atoms with Crippen LogP contribution in [-0.4, -0.2) is 71.8 Å². The smallest absolute Gasteiger partial charge is 0.238 e. The number of hydrogen-bond acceptors (Lipinski definition) is 8. The van der Waals surface area contributed by atoms with Gasteiger partial charge in [-0.25, -0.2) is 0 Å². The third-order valence-corrected chi connectivity index (χ3v) is 6.70. The third kappa shape index (κ3) is 8.66. The number of carbonyl (C=O) groups is 3. The molecule has 208 valence electrons. The van der Waals surface area contributed by atoms with E-state index in [0.29, 0.717) is 12.8 Å². The van der Waals surface area contributed by atoms with Crippen molar-refractivity contribution in [1.29, 1.82) is 0 Å². The molecule has 0 saturated heterocycles. The Bertz CT molecular complexity index is 1230. The van der Waals surface area contributed by atoms with Gasteiger partial charge in [-0.1, -0.05) is 48.5 Å². The summed E-state index contributed by atoms with van der Waals surface area (Å²) < 4.78 is 0. The number of aromatic nitrogens is 1. The number of nitrogens with two attached hydrogens (primary N) is 4. The van der Waals surface area contributed by atoms with E-state index in [4.69, 9.17) is 22.9 Å². The van der Waals surface area contributed by atoms with Crippen molar-refractivity contribution in [3.8, 4) is 0 Å². The highest BCUT2D eigenvalue weighted by molar-refractivity contribution is 5.94. The van der Waals surface area contributed by atoms with Crippen molar-refractivity contribution in [1.82, 2.24) is 15.2 Å². The van der Waals surface area contributed by atoms with Crippen LogP contribution in [0.1, 0.15) is 24.0 Å². The second-order valence-corrected chi connectivity index (χ2v) is 9.58. The van der Waals surface area contributed by atoms with Crippen LogP contribution in [0.5, 0.6) is 0 Å². The van der Waals surface area contributed by atoms with E-state index >= 15 is 0 Å². The highest BCUT2D eigenvalue weighted by atomic mass is 16.2. The fraction of sp³-hybridized carbons (Fsp3) is 0.379. The minimum absolute atomic E-state index is 0.102. The van der Waals surface area contributed by atoms with E-state index in [9.17, 15) is 14.4 Å². The predicted molar refractivity (Wildman–Crippen MR) is 152 cm³/mol. The largest absolute Gasteiger partial charge is 0.345 e. The van der Waals surface area contributed by atoms with Crippen LogP contribution in [0, 0.1) is 0 Å². The van der Waals surface area contributed by atoms with E-state index < -0.39 is 24.0 Å². The van der Waals surface area contributed by atoms with Crippen LogP contribution in [0.25, 0.3) is 10.9 Å². The number of para-hydroxylation sites is 1. The molecule has 0 aliphatic carbocycles. The maximum absolute atomic E-state index is 13.4. The first-order valence-electron chi connectivity index (χ1n) is 13.2. The maximum atomic E-state index is 13.4. The van der Waals surface area contributed by atoms with Gasteiger partial charge in [0.1, 0.15) is 0 Å². The summed E-state index contributed by atoms with van der Waals surface area (Å²) in [5.74, 6) is -1.10. The zero-order valence-corrected chi connectivity index (χ0v) is 22.2. The Kier molecular flexibility index (Phi) is 11.5. The Morgan fingerprint density at radius 3 is 2.31 bits per heavy atom. The summed E-state index contributed by atoms with van der Waals surface area (Å²) >= 11 is 0. The fourth-order valence-electron chi connectivity index (χ4n) is 4.48. The maximum Gasteiger partial charge on any atom is 0.238 e. The molecule has 3 aromatic rings. The highest BCUT2D eigenvalue weighted by Crippen LogP contribution is 2.15. The molecule has 2 aromatic carbocycles. The van der Waals surface area contributed by atoms with Crippen molar-refractivity contribution in [3.63, 3.8) is 0 Å². The van der Waals surface area contributed by atoms with Gasteiger partial charge < -0.3 is 33.2 Å². The average Bonchev–Trinajstić information content (AvgIpc) is 2.95. The van der Waals surface area contributed by atoms with Crippen LogP contribution in [0.15, 0.2) is 66.9 Å². The van der Waals surface area contributed by atoms with Crippen molar-refractivity contribution in [2.24, 2.45) is 22.9 Å². The zero-order valence-electron chi connectivity index (χ0n) is 22.2. The molecule has 2 amide bonds. The Hall–Kier alpha value is -3.70. The lowest BCUT2D eigenvalue weighted by molar-refractivity contribution is -0.136. The molecule has 1 heterocycles. The molecule has 0 bridgehead atoms. The first-order chi connectivity index (χ1) is 18.9. The number of carbonyl (C=O) groups excluding carboxylic acids is 3. The highest BCUT2D eigenvalue weighted by Gasteiger charge is 2.28. The number of nitrogens with one attached hydrogen (secondary N) is 1. The second kappa shape index (κ2) is 15.0. The van der Waals surface area contributed by atoms with Crippen LogP contribution in [-0.2, 0) is 27.2 Å². The summed E-state index contributed by atoms with van der Waals surface area (Å²) in [5, 5.41) is 3.73. The van der Waals surface area contributed by atoms with Gasteiger partial charge in [0.25, 0.3) is 0 Å². The molecule has 0 fully saturated rings. The van der Waals surface area contributed by atoms with Crippen molar-refractivity contribution in [2.45, 2.75) is 43.8 Å². The Morgan fingerprint density at radius 2 is 1.62 bits per heavy atom. The molecular formula is C29H39N7O3. The van der Waals surface area contributed by atoms with Crippen LogP contribution in [0.4, 0.5) is 0 Å². The predicted octanol–water partition coefficient (Wildman–Crippen LogP) is 0.255. The molecule has 9 N–H and O–H groups in total. The molecular weight excluding hydrogens is 494 g/mol. The average molecular weight is 534 g/mol. The van der Waals surface area contributed by atoms with Gasteiger partial charge in [0.05, 0.1) is 30.1 Å². The van der Waals surface area contributed by atoms with Crippen LogP contribution >= 0.6 is 0 Å². The van der Waals surface area contributed by atoms with Gasteiger partial charge in [-0.3, -0.25) is 19.4 Å². The molecule has 0 unspecified atom stereocenters. The molecule has 10 heteroatoms. The minimum atomic E-state index is -1.15. The van der Waals surface area contributed by atoms with Crippen molar-refractivity contribution < 1.29 is 14.4 Å².